The third-order valence-electron chi connectivity index (χ3n) is 2.96. The number of halogens is 1. The Labute approximate surface area is 129 Å². The SMILES string of the molecule is CCCNc1cc(-c2ccc(Br)cc2)nc(C(C)C)n1. The quantitative estimate of drug-likeness (QED) is 0.849. The van der Waals surface area contributed by atoms with Gasteiger partial charge in [-0.05, 0) is 18.6 Å². The highest BCUT2D eigenvalue weighted by Gasteiger charge is 2.09. The second-order valence-electron chi connectivity index (χ2n) is 5.08. The smallest absolute Gasteiger partial charge is 0.133 e. The first kappa shape index (κ1) is 15.0. The lowest BCUT2D eigenvalue weighted by Crippen LogP contribution is -2.07. The molecule has 0 aliphatic carbocycles. The molecule has 1 aromatic heterocycles. The van der Waals surface area contributed by atoms with Gasteiger partial charge < -0.3 is 5.32 Å². The van der Waals surface area contributed by atoms with Crippen molar-refractivity contribution >= 4 is 21.7 Å². The second kappa shape index (κ2) is 6.84. The van der Waals surface area contributed by atoms with Crippen molar-refractivity contribution in [3.05, 3.63) is 40.6 Å². The van der Waals surface area contributed by atoms with Crippen molar-refractivity contribution in [1.82, 2.24) is 9.97 Å². The average Bonchev–Trinajstić information content (AvgIpc) is 2.45. The highest BCUT2D eigenvalue weighted by atomic mass is 79.9. The van der Waals surface area contributed by atoms with Crippen LogP contribution in [0.4, 0.5) is 5.82 Å². The summed E-state index contributed by atoms with van der Waals surface area (Å²) in [7, 11) is 0. The van der Waals surface area contributed by atoms with Crippen LogP contribution in [-0.4, -0.2) is 16.5 Å². The van der Waals surface area contributed by atoms with Gasteiger partial charge in [-0.2, -0.15) is 0 Å². The molecule has 0 fully saturated rings. The Balaban J connectivity index is 2.40. The van der Waals surface area contributed by atoms with Gasteiger partial charge in [0.1, 0.15) is 11.6 Å². The summed E-state index contributed by atoms with van der Waals surface area (Å²) in [6.07, 6.45) is 1.08. The minimum absolute atomic E-state index is 0.313. The van der Waals surface area contributed by atoms with E-state index in [-0.39, 0.29) is 0 Å². The van der Waals surface area contributed by atoms with Crippen molar-refractivity contribution < 1.29 is 0 Å². The number of nitrogens with one attached hydrogen (secondary N) is 1. The molecule has 1 N–H and O–H groups in total. The monoisotopic (exact) mass is 333 g/mol. The molecule has 0 spiro atoms. The van der Waals surface area contributed by atoms with Gasteiger partial charge in [-0.25, -0.2) is 9.97 Å². The van der Waals surface area contributed by atoms with Crippen LogP contribution in [0, 0.1) is 0 Å². The van der Waals surface area contributed by atoms with Gasteiger partial charge in [0.2, 0.25) is 0 Å². The lowest BCUT2D eigenvalue weighted by molar-refractivity contribution is 0.775. The molecule has 0 saturated carbocycles. The molecule has 0 aliphatic rings. The minimum Gasteiger partial charge on any atom is -0.370 e. The van der Waals surface area contributed by atoms with Crippen molar-refractivity contribution in [3.63, 3.8) is 0 Å². The van der Waals surface area contributed by atoms with Crippen LogP contribution in [0.2, 0.25) is 0 Å². The van der Waals surface area contributed by atoms with E-state index in [1.807, 2.05) is 18.2 Å². The summed E-state index contributed by atoms with van der Waals surface area (Å²) in [6, 6.07) is 10.2. The summed E-state index contributed by atoms with van der Waals surface area (Å²) >= 11 is 3.46. The molecule has 2 aromatic rings. The summed E-state index contributed by atoms with van der Waals surface area (Å²) < 4.78 is 1.07. The van der Waals surface area contributed by atoms with E-state index in [1.165, 1.54) is 0 Å². The molecule has 4 heteroatoms. The van der Waals surface area contributed by atoms with Gasteiger partial charge in [-0.15, -0.1) is 0 Å². The Kier molecular flexibility index (Phi) is 5.12. The van der Waals surface area contributed by atoms with Crippen molar-refractivity contribution in [2.75, 3.05) is 11.9 Å². The van der Waals surface area contributed by atoms with Crippen LogP contribution in [0.1, 0.15) is 38.9 Å². The molecule has 0 unspecified atom stereocenters. The average molecular weight is 334 g/mol. The van der Waals surface area contributed by atoms with E-state index in [0.29, 0.717) is 5.92 Å². The molecule has 2 rings (SSSR count). The molecular weight excluding hydrogens is 314 g/mol. The molecule has 0 saturated heterocycles. The highest BCUT2D eigenvalue weighted by Crippen LogP contribution is 2.24. The van der Waals surface area contributed by atoms with Crippen LogP contribution in [0.15, 0.2) is 34.8 Å². The zero-order valence-corrected chi connectivity index (χ0v) is 13.7. The number of hydrogen-bond acceptors (Lipinski definition) is 3. The summed E-state index contributed by atoms with van der Waals surface area (Å²) in [5.74, 6) is 2.10. The molecule has 0 bridgehead atoms. The topological polar surface area (TPSA) is 37.8 Å². The number of benzene rings is 1. The minimum atomic E-state index is 0.313. The number of hydrogen-bond donors (Lipinski definition) is 1. The lowest BCUT2D eigenvalue weighted by atomic mass is 10.1. The Morgan fingerprint density at radius 1 is 1.15 bits per heavy atom. The van der Waals surface area contributed by atoms with Crippen molar-refractivity contribution in [3.8, 4) is 11.3 Å². The van der Waals surface area contributed by atoms with Crippen LogP contribution < -0.4 is 5.32 Å². The third kappa shape index (κ3) is 3.79. The number of rotatable bonds is 5. The van der Waals surface area contributed by atoms with Gasteiger partial charge in [0.25, 0.3) is 0 Å². The fourth-order valence-electron chi connectivity index (χ4n) is 1.84. The van der Waals surface area contributed by atoms with E-state index in [0.717, 1.165) is 40.3 Å². The van der Waals surface area contributed by atoms with E-state index in [4.69, 9.17) is 0 Å². The maximum Gasteiger partial charge on any atom is 0.133 e. The number of anilines is 1. The largest absolute Gasteiger partial charge is 0.370 e. The zero-order chi connectivity index (χ0) is 14.5. The van der Waals surface area contributed by atoms with Crippen LogP contribution in [-0.2, 0) is 0 Å². The van der Waals surface area contributed by atoms with E-state index in [1.54, 1.807) is 0 Å². The van der Waals surface area contributed by atoms with Gasteiger partial charge in [-0.1, -0.05) is 48.8 Å². The van der Waals surface area contributed by atoms with E-state index in [9.17, 15) is 0 Å². The molecule has 0 aliphatic heterocycles. The van der Waals surface area contributed by atoms with Crippen molar-refractivity contribution in [2.24, 2.45) is 0 Å². The van der Waals surface area contributed by atoms with Gasteiger partial charge in [0.05, 0.1) is 5.69 Å². The van der Waals surface area contributed by atoms with Gasteiger partial charge in [0, 0.05) is 28.6 Å². The van der Waals surface area contributed by atoms with Crippen molar-refractivity contribution in [1.29, 1.82) is 0 Å². The first-order chi connectivity index (χ1) is 9.60. The molecule has 1 aromatic carbocycles. The highest BCUT2D eigenvalue weighted by molar-refractivity contribution is 9.10. The molecule has 106 valence electrons. The Morgan fingerprint density at radius 3 is 2.45 bits per heavy atom. The molecule has 0 atom stereocenters. The lowest BCUT2D eigenvalue weighted by Gasteiger charge is -2.11. The molecular formula is C16H20BrN3. The maximum absolute atomic E-state index is 4.67. The van der Waals surface area contributed by atoms with Gasteiger partial charge >= 0.3 is 0 Å². The Morgan fingerprint density at radius 2 is 1.85 bits per heavy atom. The van der Waals surface area contributed by atoms with E-state index >= 15 is 0 Å². The van der Waals surface area contributed by atoms with Gasteiger partial charge in [-0.3, -0.25) is 0 Å². The van der Waals surface area contributed by atoms with Crippen LogP contribution in [0.25, 0.3) is 11.3 Å². The summed E-state index contributed by atoms with van der Waals surface area (Å²) in [5, 5.41) is 3.35. The standard InChI is InChI=1S/C16H20BrN3/c1-4-9-18-15-10-14(19-16(20-15)11(2)3)12-5-7-13(17)8-6-12/h5-8,10-11H,4,9H2,1-3H3,(H,18,19,20). The van der Waals surface area contributed by atoms with E-state index < -0.39 is 0 Å². The maximum atomic E-state index is 4.67. The Bertz CT molecular complexity index is 564. The molecule has 3 nitrogen and oxygen atoms in total. The molecule has 20 heavy (non-hydrogen) atoms. The number of aromatic nitrogens is 2. The molecule has 1 heterocycles. The molecule has 0 radical (unpaired) electrons. The second-order valence-corrected chi connectivity index (χ2v) is 6.00. The third-order valence-corrected chi connectivity index (χ3v) is 3.48. The van der Waals surface area contributed by atoms with Crippen LogP contribution in [0.3, 0.4) is 0 Å². The van der Waals surface area contributed by atoms with Gasteiger partial charge in [0.15, 0.2) is 0 Å². The fraction of sp³-hybridized carbons (Fsp3) is 0.375. The van der Waals surface area contributed by atoms with Crippen molar-refractivity contribution in [2.45, 2.75) is 33.1 Å². The van der Waals surface area contributed by atoms with E-state index in [2.05, 4.69) is 64.1 Å². The summed E-state index contributed by atoms with van der Waals surface area (Å²) in [4.78, 5) is 9.26. The fourth-order valence-corrected chi connectivity index (χ4v) is 2.10. The number of nitrogens with zero attached hydrogens (tertiary/aromatic N) is 2. The predicted octanol–water partition coefficient (Wildman–Crippen LogP) is 4.85. The summed E-state index contributed by atoms with van der Waals surface area (Å²) in [5.41, 5.74) is 2.08. The first-order valence-electron chi connectivity index (χ1n) is 6.99. The van der Waals surface area contributed by atoms with Crippen LogP contribution >= 0.6 is 15.9 Å². The Hall–Kier alpha value is -1.42. The van der Waals surface area contributed by atoms with Crippen LogP contribution in [0.5, 0.6) is 0 Å². The zero-order valence-electron chi connectivity index (χ0n) is 12.2. The molecule has 0 amide bonds. The predicted molar refractivity (Wildman–Crippen MR) is 88.0 cm³/mol. The normalized spacial score (nSPS) is 10.8. The first-order valence-corrected chi connectivity index (χ1v) is 7.78. The summed E-state index contributed by atoms with van der Waals surface area (Å²) in [6.45, 7) is 7.30.